The van der Waals surface area contributed by atoms with Gasteiger partial charge in [-0.05, 0) is 25.7 Å². The van der Waals surface area contributed by atoms with Crippen LogP contribution in [0.25, 0.3) is 0 Å². The number of unbranched alkanes of at least 4 members (excludes halogenated alkanes) is 3. The summed E-state index contributed by atoms with van der Waals surface area (Å²) in [5, 5.41) is 10.7. The molecule has 0 aliphatic heterocycles. The van der Waals surface area contributed by atoms with E-state index < -0.39 is 12.1 Å². The monoisotopic (exact) mass is 313 g/mol. The van der Waals surface area contributed by atoms with Crippen LogP contribution in [-0.2, 0) is 14.3 Å². The Kier molecular flexibility index (Phi) is 10.5. The van der Waals surface area contributed by atoms with Crippen LogP contribution in [0.3, 0.4) is 0 Å². The summed E-state index contributed by atoms with van der Waals surface area (Å²) in [7, 11) is 5.79. The fraction of sp³-hybridized carbons (Fsp3) is 0.765. The molecule has 0 fully saturated rings. The van der Waals surface area contributed by atoms with Crippen molar-refractivity contribution in [3.63, 3.8) is 0 Å². The van der Waals surface area contributed by atoms with Gasteiger partial charge in [0, 0.05) is 18.8 Å². The summed E-state index contributed by atoms with van der Waals surface area (Å²) in [6.45, 7) is 2.60. The molecule has 0 aromatic carbocycles. The molecule has 0 saturated heterocycles. The smallest absolute Gasteiger partial charge is 0.306 e. The summed E-state index contributed by atoms with van der Waals surface area (Å²) < 4.78 is 5.82. The van der Waals surface area contributed by atoms with Gasteiger partial charge < -0.3 is 19.1 Å². The summed E-state index contributed by atoms with van der Waals surface area (Å²) in [5.41, 5.74) is 0. The van der Waals surface area contributed by atoms with Crippen LogP contribution in [0.5, 0.6) is 0 Å². The Balaban J connectivity index is 4.04. The van der Waals surface area contributed by atoms with E-state index >= 15 is 0 Å². The molecule has 0 aliphatic rings. The largest absolute Gasteiger partial charge is 0.550 e. The van der Waals surface area contributed by atoms with E-state index in [0.717, 1.165) is 32.1 Å². The Morgan fingerprint density at radius 3 is 2.32 bits per heavy atom. The second kappa shape index (κ2) is 11.2. The zero-order chi connectivity index (χ0) is 17.0. The van der Waals surface area contributed by atoms with E-state index in [-0.39, 0.29) is 12.4 Å². The van der Waals surface area contributed by atoms with E-state index in [4.69, 9.17) is 4.74 Å². The van der Waals surface area contributed by atoms with Crippen molar-refractivity contribution in [1.82, 2.24) is 0 Å². The van der Waals surface area contributed by atoms with Crippen LogP contribution >= 0.6 is 0 Å². The molecule has 128 valence electrons. The fourth-order valence-corrected chi connectivity index (χ4v) is 2.12. The molecule has 0 aromatic heterocycles. The first-order valence-electron chi connectivity index (χ1n) is 8.09. The number of rotatable bonds is 12. The minimum atomic E-state index is -1.19. The van der Waals surface area contributed by atoms with E-state index in [2.05, 4.69) is 19.1 Å². The third kappa shape index (κ3) is 13.6. The molecule has 0 rings (SSSR count). The highest BCUT2D eigenvalue weighted by molar-refractivity contribution is 5.70. The van der Waals surface area contributed by atoms with Crippen molar-refractivity contribution in [2.75, 3.05) is 27.7 Å². The van der Waals surface area contributed by atoms with Gasteiger partial charge in [-0.3, -0.25) is 4.79 Å². The fourth-order valence-electron chi connectivity index (χ4n) is 2.12. The molecule has 0 aromatic rings. The van der Waals surface area contributed by atoms with Crippen LogP contribution in [0.15, 0.2) is 12.2 Å². The van der Waals surface area contributed by atoms with Crippen LogP contribution < -0.4 is 5.11 Å². The predicted octanol–water partition coefficient (Wildman–Crippen LogP) is 1.66. The van der Waals surface area contributed by atoms with Crippen LogP contribution in [0.2, 0.25) is 0 Å². The molecule has 0 N–H and O–H groups in total. The lowest BCUT2D eigenvalue weighted by Crippen LogP contribution is -2.45. The van der Waals surface area contributed by atoms with Gasteiger partial charge in [-0.15, -0.1) is 0 Å². The number of likely N-dealkylation sites (N-methyl/N-ethyl adjacent to an activating group) is 1. The molecule has 0 aliphatic carbocycles. The lowest BCUT2D eigenvalue weighted by atomic mass is 10.1. The third-order valence-electron chi connectivity index (χ3n) is 3.07. The Morgan fingerprint density at radius 2 is 1.77 bits per heavy atom. The van der Waals surface area contributed by atoms with Gasteiger partial charge >= 0.3 is 5.97 Å². The first-order valence-corrected chi connectivity index (χ1v) is 8.09. The molecule has 22 heavy (non-hydrogen) atoms. The number of quaternary nitrogens is 1. The summed E-state index contributed by atoms with van der Waals surface area (Å²) in [5.74, 6) is -1.51. The topological polar surface area (TPSA) is 66.4 Å². The van der Waals surface area contributed by atoms with Crippen LogP contribution in [0, 0.1) is 0 Å². The Hall–Kier alpha value is -1.36. The number of carbonyl (C=O) groups is 2. The van der Waals surface area contributed by atoms with Gasteiger partial charge in [0.05, 0.1) is 21.1 Å². The Morgan fingerprint density at radius 1 is 1.14 bits per heavy atom. The van der Waals surface area contributed by atoms with Gasteiger partial charge in [-0.2, -0.15) is 0 Å². The molecular weight excluding hydrogens is 282 g/mol. The molecule has 0 radical (unpaired) electrons. The molecule has 5 heteroatoms. The van der Waals surface area contributed by atoms with Crippen molar-refractivity contribution in [3.8, 4) is 0 Å². The van der Waals surface area contributed by atoms with E-state index in [1.54, 1.807) is 0 Å². The van der Waals surface area contributed by atoms with Gasteiger partial charge in [0.2, 0.25) is 0 Å². The average Bonchev–Trinajstić information content (AvgIpc) is 2.34. The van der Waals surface area contributed by atoms with Gasteiger partial charge in [0.1, 0.15) is 6.54 Å². The maximum absolute atomic E-state index is 11.8. The SMILES string of the molecule is CCC/C=C/CCCCC(=O)OC(CC(=O)[O-])C[N+](C)(C)C. The number of carboxylic acids is 1. The molecule has 0 spiro atoms. The van der Waals surface area contributed by atoms with Crippen molar-refractivity contribution in [1.29, 1.82) is 0 Å². The van der Waals surface area contributed by atoms with E-state index in [1.165, 1.54) is 0 Å². The number of carbonyl (C=O) groups excluding carboxylic acids is 2. The zero-order valence-electron chi connectivity index (χ0n) is 14.5. The van der Waals surface area contributed by atoms with Gasteiger partial charge in [-0.1, -0.05) is 25.5 Å². The van der Waals surface area contributed by atoms with Crippen LogP contribution in [0.1, 0.15) is 51.9 Å². The lowest BCUT2D eigenvalue weighted by Gasteiger charge is -2.29. The van der Waals surface area contributed by atoms with Crippen LogP contribution in [-0.4, -0.2) is 50.2 Å². The molecule has 0 amide bonds. The standard InChI is InChI=1S/C17H31NO4/c1-5-6-7-8-9-10-11-12-17(21)22-15(13-16(19)20)14-18(2,3)4/h7-8,15H,5-6,9-14H2,1-4H3/b8-7+. The average molecular weight is 313 g/mol. The number of hydrogen-bond donors (Lipinski definition) is 0. The zero-order valence-corrected chi connectivity index (χ0v) is 14.5. The van der Waals surface area contributed by atoms with E-state index in [9.17, 15) is 14.7 Å². The summed E-state index contributed by atoms with van der Waals surface area (Å²) >= 11 is 0. The molecule has 1 atom stereocenters. The van der Waals surface area contributed by atoms with Gasteiger partial charge in [0.15, 0.2) is 6.10 Å². The first-order chi connectivity index (χ1) is 10.2. The summed E-state index contributed by atoms with van der Waals surface area (Å²) in [6, 6.07) is 0. The second-order valence-electron chi connectivity index (χ2n) is 6.67. The van der Waals surface area contributed by atoms with Crippen LogP contribution in [0.4, 0.5) is 0 Å². The Bertz CT molecular complexity index is 358. The number of esters is 1. The first kappa shape index (κ1) is 20.6. The maximum atomic E-state index is 11.8. The van der Waals surface area contributed by atoms with Crippen molar-refractivity contribution in [3.05, 3.63) is 12.2 Å². The highest BCUT2D eigenvalue weighted by Gasteiger charge is 2.22. The maximum Gasteiger partial charge on any atom is 0.306 e. The van der Waals surface area contributed by atoms with Crippen molar-refractivity contribution < 1.29 is 23.9 Å². The molecular formula is C17H31NO4. The van der Waals surface area contributed by atoms with Crippen molar-refractivity contribution in [2.45, 2.75) is 58.0 Å². The second-order valence-corrected chi connectivity index (χ2v) is 6.67. The predicted molar refractivity (Wildman–Crippen MR) is 84.9 cm³/mol. The number of nitrogens with zero attached hydrogens (tertiary/aromatic N) is 1. The van der Waals surface area contributed by atoms with Gasteiger partial charge in [-0.25, -0.2) is 0 Å². The number of allylic oxidation sites excluding steroid dienone is 2. The summed E-state index contributed by atoms with van der Waals surface area (Å²) in [4.78, 5) is 22.5. The number of aliphatic carboxylic acids is 1. The number of ether oxygens (including phenoxy) is 1. The molecule has 0 bridgehead atoms. The molecule has 1 unspecified atom stereocenters. The normalized spacial score (nSPS) is 13.3. The minimum absolute atomic E-state index is 0.249. The van der Waals surface area contributed by atoms with E-state index in [1.807, 2.05) is 21.1 Å². The van der Waals surface area contributed by atoms with Crippen molar-refractivity contribution in [2.24, 2.45) is 0 Å². The molecule has 0 saturated carbocycles. The lowest BCUT2D eigenvalue weighted by molar-refractivity contribution is -0.873. The molecule has 0 heterocycles. The number of hydrogen-bond acceptors (Lipinski definition) is 4. The number of carboxylic acid groups (broad SMARTS) is 1. The van der Waals surface area contributed by atoms with Crippen molar-refractivity contribution >= 4 is 11.9 Å². The highest BCUT2D eigenvalue weighted by Crippen LogP contribution is 2.09. The minimum Gasteiger partial charge on any atom is -0.550 e. The Labute approximate surface area is 134 Å². The molecule has 5 nitrogen and oxygen atoms in total. The summed E-state index contributed by atoms with van der Waals surface area (Å²) in [6.07, 6.45) is 8.68. The highest BCUT2D eigenvalue weighted by atomic mass is 16.5. The quantitative estimate of drug-likeness (QED) is 0.238. The van der Waals surface area contributed by atoms with Gasteiger partial charge in [0.25, 0.3) is 0 Å². The third-order valence-corrected chi connectivity index (χ3v) is 3.07. The van der Waals surface area contributed by atoms with E-state index in [0.29, 0.717) is 17.4 Å².